The second-order valence-corrected chi connectivity index (χ2v) is 16.2. The van der Waals surface area contributed by atoms with Crippen molar-refractivity contribution >= 4 is 35.1 Å². The molecule has 322 valence electrons. The first-order chi connectivity index (χ1) is 29.2. The molecule has 0 aromatic heterocycles. The molecule has 0 radical (unpaired) electrons. The Bertz CT molecular complexity index is 2220. The van der Waals surface area contributed by atoms with Gasteiger partial charge in [0.25, 0.3) is 0 Å². The van der Waals surface area contributed by atoms with Crippen LogP contribution in [-0.4, -0.2) is 75.0 Å². The summed E-state index contributed by atoms with van der Waals surface area (Å²) >= 11 is 0. The predicted molar refractivity (Wildman–Crippen MR) is 233 cm³/mol. The normalized spacial score (nSPS) is 17.1. The van der Waals surface area contributed by atoms with E-state index in [1.807, 2.05) is 12.1 Å². The molecule has 0 spiro atoms. The number of rotatable bonds is 17. The van der Waals surface area contributed by atoms with E-state index in [2.05, 4.69) is 36.5 Å². The van der Waals surface area contributed by atoms with E-state index in [0.717, 1.165) is 24.0 Å². The summed E-state index contributed by atoms with van der Waals surface area (Å²) in [5.41, 5.74) is 10.7. The summed E-state index contributed by atoms with van der Waals surface area (Å²) in [6.07, 6.45) is 3.49. The Balaban J connectivity index is 1.33. The van der Waals surface area contributed by atoms with Gasteiger partial charge in [-0.3, -0.25) is 24.0 Å². The molecule has 0 fully saturated rings. The standard InChI is InChI=1S/C49H57N3O9/c1-4-8-31-12-15-33(16-13-31)34-17-19-35(20-18-34)42(54)11-7-10-38(53)28-37(9-5-6-24-50)48(59)52(3)46-36-21-23-44(56)40(29-36)39-26-32(14-22-43(39)55)27-41(49(60)61)51-47(58)30(2)25-45(46)57/h12-23,26,29-30,37,41,46,55-56H,4-11,24-25,27-28,50H2,1-3H3,(H,51,58)(H,60,61)/t30-,37+,41+,46+/m1/s1. The van der Waals surface area contributed by atoms with Gasteiger partial charge >= 0.3 is 5.97 Å². The highest BCUT2D eigenvalue weighted by molar-refractivity contribution is 5.97. The van der Waals surface area contributed by atoms with Crippen molar-refractivity contribution in [2.75, 3.05) is 13.6 Å². The van der Waals surface area contributed by atoms with Crippen molar-refractivity contribution in [3.05, 3.63) is 107 Å². The van der Waals surface area contributed by atoms with Crippen molar-refractivity contribution in [1.29, 1.82) is 0 Å². The first-order valence-electron chi connectivity index (χ1n) is 21.1. The number of aliphatic carboxylic acids is 1. The van der Waals surface area contributed by atoms with Gasteiger partial charge in [-0.15, -0.1) is 0 Å². The SMILES string of the molecule is CCCc1ccc(-c2ccc(C(=O)CCCC(=O)C[C@H](CCCCN)C(=O)N(C)[C@@H]3C(=O)C[C@@H](C)C(=O)N[C@H](C(=O)O)Cc4ccc(O)c(c4)-c4cc3ccc4O)cc2)cc1. The number of nitrogens with two attached hydrogens (primary N) is 1. The van der Waals surface area contributed by atoms with Gasteiger partial charge < -0.3 is 31.3 Å². The molecule has 1 heterocycles. The lowest BCUT2D eigenvalue weighted by atomic mass is 9.88. The Morgan fingerprint density at radius 1 is 0.820 bits per heavy atom. The lowest BCUT2D eigenvalue weighted by molar-refractivity contribution is -0.144. The van der Waals surface area contributed by atoms with E-state index in [0.29, 0.717) is 48.9 Å². The zero-order valence-corrected chi connectivity index (χ0v) is 35.2. The maximum Gasteiger partial charge on any atom is 0.326 e. The molecule has 12 heteroatoms. The number of carboxylic acids is 1. The van der Waals surface area contributed by atoms with Gasteiger partial charge in [-0.1, -0.05) is 87.4 Å². The van der Waals surface area contributed by atoms with Crippen LogP contribution in [0.2, 0.25) is 0 Å². The summed E-state index contributed by atoms with van der Waals surface area (Å²) in [4.78, 5) is 82.1. The number of nitrogens with one attached hydrogen (secondary N) is 1. The number of phenols is 2. The third-order valence-electron chi connectivity index (χ3n) is 11.5. The number of carbonyl (C=O) groups excluding carboxylic acids is 5. The number of carboxylic acid groups (broad SMARTS) is 1. The summed E-state index contributed by atoms with van der Waals surface area (Å²) in [5.74, 6) is -5.50. The number of hydrogen-bond acceptors (Lipinski definition) is 9. The summed E-state index contributed by atoms with van der Waals surface area (Å²) in [6.45, 7) is 4.03. The number of hydrogen-bond donors (Lipinski definition) is 5. The number of nitrogens with zero attached hydrogens (tertiary/aromatic N) is 1. The number of amides is 2. The van der Waals surface area contributed by atoms with Crippen molar-refractivity contribution in [3.63, 3.8) is 0 Å². The number of phenolic OH excluding ortho intramolecular Hbond substituents is 2. The zero-order valence-electron chi connectivity index (χ0n) is 35.2. The first-order valence-corrected chi connectivity index (χ1v) is 21.1. The second kappa shape index (κ2) is 21.4. The van der Waals surface area contributed by atoms with Crippen molar-refractivity contribution in [3.8, 4) is 33.8 Å². The Labute approximate surface area is 357 Å². The number of carbonyl (C=O) groups is 6. The van der Waals surface area contributed by atoms with Crippen LogP contribution in [0.3, 0.4) is 0 Å². The number of aromatic hydroxyl groups is 2. The van der Waals surface area contributed by atoms with Crippen LogP contribution in [0.25, 0.3) is 22.3 Å². The number of ketones is 3. The van der Waals surface area contributed by atoms with Gasteiger partial charge in [0, 0.05) is 67.7 Å². The summed E-state index contributed by atoms with van der Waals surface area (Å²) < 4.78 is 0. The molecule has 2 amide bonds. The minimum atomic E-state index is -1.35. The average molecular weight is 832 g/mol. The van der Waals surface area contributed by atoms with E-state index in [9.17, 15) is 44.1 Å². The molecule has 4 aromatic rings. The van der Waals surface area contributed by atoms with Crippen LogP contribution >= 0.6 is 0 Å². The molecular weight excluding hydrogens is 775 g/mol. The first kappa shape index (κ1) is 45.9. The molecule has 4 atom stereocenters. The average Bonchev–Trinajstić information content (AvgIpc) is 3.24. The van der Waals surface area contributed by atoms with Crippen LogP contribution in [0, 0.1) is 11.8 Å². The van der Waals surface area contributed by atoms with Gasteiger partial charge in [-0.05, 0) is 84.3 Å². The van der Waals surface area contributed by atoms with Crippen molar-refractivity contribution in [1.82, 2.24) is 10.2 Å². The Morgan fingerprint density at radius 2 is 1.46 bits per heavy atom. The number of fused-ring (bicyclic) bond motifs is 5. The van der Waals surface area contributed by atoms with E-state index in [1.165, 1.54) is 60.8 Å². The molecule has 4 aromatic carbocycles. The fraction of sp³-hybridized carbons (Fsp3) is 0.388. The topological polar surface area (TPSA) is 204 Å². The van der Waals surface area contributed by atoms with Crippen LogP contribution in [0.15, 0.2) is 84.9 Å². The van der Waals surface area contributed by atoms with Crippen LogP contribution in [0.1, 0.15) is 105 Å². The molecule has 0 unspecified atom stereocenters. The Kier molecular flexibility index (Phi) is 16.1. The smallest absolute Gasteiger partial charge is 0.326 e. The van der Waals surface area contributed by atoms with Crippen molar-refractivity contribution < 1.29 is 44.1 Å². The highest BCUT2D eigenvalue weighted by atomic mass is 16.4. The van der Waals surface area contributed by atoms with E-state index < -0.39 is 47.5 Å². The largest absolute Gasteiger partial charge is 0.507 e. The zero-order chi connectivity index (χ0) is 44.2. The number of unbranched alkanes of at least 4 members (excludes halogenated alkanes) is 1. The Hall–Kier alpha value is -6.14. The fourth-order valence-corrected chi connectivity index (χ4v) is 7.98. The third-order valence-corrected chi connectivity index (χ3v) is 11.5. The van der Waals surface area contributed by atoms with Gasteiger partial charge in [-0.2, -0.15) is 0 Å². The quantitative estimate of drug-likeness (QED) is 0.0528. The van der Waals surface area contributed by atoms with Gasteiger partial charge in [0.05, 0.1) is 0 Å². The molecule has 6 N–H and O–H groups in total. The fourth-order valence-electron chi connectivity index (χ4n) is 7.98. The molecular formula is C49H57N3O9. The molecule has 5 rings (SSSR count). The van der Waals surface area contributed by atoms with E-state index in [1.54, 1.807) is 12.1 Å². The van der Waals surface area contributed by atoms with E-state index >= 15 is 0 Å². The lowest BCUT2D eigenvalue weighted by Crippen LogP contribution is -2.45. The Morgan fingerprint density at radius 3 is 2.10 bits per heavy atom. The van der Waals surface area contributed by atoms with Crippen molar-refractivity contribution in [2.45, 2.75) is 96.6 Å². The number of aryl methyl sites for hydroxylation is 1. The minimum Gasteiger partial charge on any atom is -0.507 e. The van der Waals surface area contributed by atoms with Crippen LogP contribution in [0.5, 0.6) is 11.5 Å². The van der Waals surface area contributed by atoms with Gasteiger partial charge in [0.2, 0.25) is 11.8 Å². The van der Waals surface area contributed by atoms with Crippen molar-refractivity contribution in [2.24, 2.45) is 17.6 Å². The van der Waals surface area contributed by atoms with Crippen LogP contribution in [-0.2, 0) is 36.8 Å². The molecule has 0 aliphatic carbocycles. The van der Waals surface area contributed by atoms with Crippen LogP contribution < -0.4 is 11.1 Å². The second-order valence-electron chi connectivity index (χ2n) is 16.2. The van der Waals surface area contributed by atoms with Crippen LogP contribution in [0.4, 0.5) is 0 Å². The monoisotopic (exact) mass is 831 g/mol. The molecule has 1 aliphatic heterocycles. The third kappa shape index (κ3) is 12.0. The highest BCUT2D eigenvalue weighted by Crippen LogP contribution is 2.39. The summed E-state index contributed by atoms with van der Waals surface area (Å²) in [6, 6.07) is 21.9. The molecule has 4 bridgehead atoms. The molecule has 12 nitrogen and oxygen atoms in total. The van der Waals surface area contributed by atoms with Gasteiger partial charge in [0.15, 0.2) is 11.6 Å². The van der Waals surface area contributed by atoms with E-state index in [-0.39, 0.29) is 66.3 Å². The molecule has 1 aliphatic rings. The molecule has 0 saturated heterocycles. The predicted octanol–water partition coefficient (Wildman–Crippen LogP) is 7.36. The maximum absolute atomic E-state index is 14.5. The van der Waals surface area contributed by atoms with E-state index in [4.69, 9.17) is 5.73 Å². The number of Topliss-reactive ketones (excluding diaryl/α,β-unsaturated/α-hetero) is 3. The maximum atomic E-state index is 14.5. The number of benzene rings is 4. The minimum absolute atomic E-state index is 0.0779. The van der Waals surface area contributed by atoms with Gasteiger partial charge in [-0.25, -0.2) is 4.79 Å². The highest BCUT2D eigenvalue weighted by Gasteiger charge is 2.36. The molecule has 61 heavy (non-hydrogen) atoms. The lowest BCUT2D eigenvalue weighted by Gasteiger charge is -2.32. The number of likely N-dealkylation sites (N-methyl/N-ethyl adjacent to an activating group) is 1. The van der Waals surface area contributed by atoms with Gasteiger partial charge in [0.1, 0.15) is 29.4 Å². The summed E-state index contributed by atoms with van der Waals surface area (Å²) in [5, 5.41) is 34.3. The molecule has 0 saturated carbocycles. The summed E-state index contributed by atoms with van der Waals surface area (Å²) in [7, 11) is 1.45.